The second kappa shape index (κ2) is 4.41. The number of nitrogens with one attached hydrogen (secondary N) is 1. The summed E-state index contributed by atoms with van der Waals surface area (Å²) in [5, 5.41) is 6.99. The maximum absolute atomic E-state index is 12.0. The number of amides is 1. The summed E-state index contributed by atoms with van der Waals surface area (Å²) in [5.41, 5.74) is 3.07. The van der Waals surface area contributed by atoms with Crippen molar-refractivity contribution < 1.29 is 4.79 Å². The lowest BCUT2D eigenvalue weighted by Gasteiger charge is -2.07. The number of anilines is 1. The molecule has 1 heterocycles. The Balaban J connectivity index is 2.23. The Bertz CT molecular complexity index is 558. The van der Waals surface area contributed by atoms with Crippen molar-refractivity contribution in [1.82, 2.24) is 9.78 Å². The molecule has 1 radical (unpaired) electrons. The van der Waals surface area contributed by atoms with Crippen molar-refractivity contribution in [2.45, 2.75) is 13.8 Å². The van der Waals surface area contributed by atoms with Gasteiger partial charge in [-0.3, -0.25) is 9.48 Å². The fourth-order valence-electron chi connectivity index (χ4n) is 1.67. The molecule has 0 aliphatic rings. The zero-order chi connectivity index (χ0) is 12.4. The fraction of sp³-hybridized carbons (Fsp3) is 0.231. The zero-order valence-electron chi connectivity index (χ0n) is 10.1. The van der Waals surface area contributed by atoms with E-state index >= 15 is 0 Å². The number of hydrogen-bond acceptors (Lipinski definition) is 2. The first kappa shape index (κ1) is 11.4. The third kappa shape index (κ3) is 2.36. The molecule has 4 heteroatoms. The second-order valence-corrected chi connectivity index (χ2v) is 3.96. The number of benzene rings is 1. The van der Waals surface area contributed by atoms with Crippen molar-refractivity contribution >= 4 is 11.6 Å². The minimum Gasteiger partial charge on any atom is -0.320 e. The van der Waals surface area contributed by atoms with Crippen LogP contribution in [-0.2, 0) is 7.05 Å². The number of aryl methyl sites for hydroxylation is 3. The Morgan fingerprint density at radius 3 is 2.82 bits per heavy atom. The van der Waals surface area contributed by atoms with E-state index in [0.29, 0.717) is 5.69 Å². The number of carbonyl (C=O) groups is 1. The van der Waals surface area contributed by atoms with Crippen LogP contribution in [0.4, 0.5) is 5.69 Å². The minimum atomic E-state index is -0.157. The molecule has 2 aromatic rings. The van der Waals surface area contributed by atoms with Crippen molar-refractivity contribution in [2.75, 3.05) is 5.32 Å². The lowest BCUT2D eigenvalue weighted by atomic mass is 10.2. The molecule has 87 valence electrons. The molecule has 0 bridgehead atoms. The molecule has 0 saturated heterocycles. The van der Waals surface area contributed by atoms with Crippen LogP contribution in [0.1, 0.15) is 21.7 Å². The van der Waals surface area contributed by atoms with E-state index in [1.165, 1.54) is 0 Å². The molecule has 0 spiro atoms. The summed E-state index contributed by atoms with van der Waals surface area (Å²) in [5.74, 6) is -0.157. The molecule has 1 N–H and O–H groups in total. The van der Waals surface area contributed by atoms with Gasteiger partial charge in [0.05, 0.1) is 5.69 Å². The minimum absolute atomic E-state index is 0.157. The summed E-state index contributed by atoms with van der Waals surface area (Å²) in [6, 6.07) is 10.3. The van der Waals surface area contributed by atoms with Crippen LogP contribution in [0.3, 0.4) is 0 Å². The molecular weight excluding hydrogens is 214 g/mol. The van der Waals surface area contributed by atoms with Crippen molar-refractivity contribution in [1.29, 1.82) is 0 Å². The summed E-state index contributed by atoms with van der Waals surface area (Å²) in [6.45, 7) is 3.77. The summed E-state index contributed by atoms with van der Waals surface area (Å²) in [4.78, 5) is 12.0. The number of nitrogens with zero attached hydrogens (tertiary/aromatic N) is 2. The molecule has 4 nitrogen and oxygen atoms in total. The quantitative estimate of drug-likeness (QED) is 0.855. The summed E-state index contributed by atoms with van der Waals surface area (Å²) in [7, 11) is 1.76. The first-order valence-electron chi connectivity index (χ1n) is 5.37. The number of carbonyl (C=O) groups excluding carboxylic acids is 1. The summed E-state index contributed by atoms with van der Waals surface area (Å²) in [6.07, 6.45) is 0. The number of rotatable bonds is 2. The molecule has 0 atom stereocenters. The molecule has 0 unspecified atom stereocenters. The highest BCUT2D eigenvalue weighted by Gasteiger charge is 2.12. The van der Waals surface area contributed by atoms with Gasteiger partial charge in [-0.15, -0.1) is 0 Å². The maximum Gasteiger partial charge on any atom is 0.273 e. The van der Waals surface area contributed by atoms with Crippen molar-refractivity contribution in [3.8, 4) is 0 Å². The van der Waals surface area contributed by atoms with Gasteiger partial charge in [-0.2, -0.15) is 5.10 Å². The Hall–Kier alpha value is -2.10. The van der Waals surface area contributed by atoms with Crippen LogP contribution in [0.25, 0.3) is 0 Å². The van der Waals surface area contributed by atoms with E-state index in [-0.39, 0.29) is 5.91 Å². The lowest BCUT2D eigenvalue weighted by Crippen LogP contribution is -2.16. The van der Waals surface area contributed by atoms with Crippen LogP contribution in [0.2, 0.25) is 0 Å². The topological polar surface area (TPSA) is 46.9 Å². The van der Waals surface area contributed by atoms with E-state index in [1.807, 2.05) is 32.0 Å². The second-order valence-electron chi connectivity index (χ2n) is 3.96. The average molecular weight is 228 g/mol. The first-order chi connectivity index (χ1) is 8.08. The van der Waals surface area contributed by atoms with Gasteiger partial charge < -0.3 is 5.32 Å². The van der Waals surface area contributed by atoms with Crippen molar-refractivity contribution in [2.24, 2.45) is 7.05 Å². The molecule has 1 aromatic heterocycles. The normalized spacial score (nSPS) is 10.3. The highest BCUT2D eigenvalue weighted by Crippen LogP contribution is 2.14. The largest absolute Gasteiger partial charge is 0.320 e. The molecule has 17 heavy (non-hydrogen) atoms. The molecule has 0 aliphatic heterocycles. The average Bonchev–Trinajstić information content (AvgIpc) is 2.61. The monoisotopic (exact) mass is 228 g/mol. The van der Waals surface area contributed by atoms with Crippen LogP contribution < -0.4 is 5.32 Å². The maximum atomic E-state index is 12.0. The molecule has 0 saturated carbocycles. The van der Waals surface area contributed by atoms with Gasteiger partial charge in [-0.05, 0) is 37.6 Å². The van der Waals surface area contributed by atoms with Crippen LogP contribution in [-0.4, -0.2) is 15.7 Å². The predicted molar refractivity (Wildman–Crippen MR) is 65.9 cm³/mol. The standard InChI is InChI=1S/C13H14N3O/c1-9-6-4-5-7-11(9)14-13(17)12-8-10(2)15-16(12)3/h4-5,7-8H,1-3H3,(H,14,17). The van der Waals surface area contributed by atoms with E-state index in [2.05, 4.69) is 16.5 Å². The first-order valence-corrected chi connectivity index (χ1v) is 5.37. The van der Waals surface area contributed by atoms with Gasteiger partial charge in [0.25, 0.3) is 5.91 Å². The molecule has 2 rings (SSSR count). The Morgan fingerprint density at radius 1 is 1.47 bits per heavy atom. The Kier molecular flexibility index (Phi) is 2.95. The van der Waals surface area contributed by atoms with E-state index in [4.69, 9.17) is 0 Å². The third-order valence-electron chi connectivity index (χ3n) is 2.55. The van der Waals surface area contributed by atoms with Crippen LogP contribution >= 0.6 is 0 Å². The number of aromatic nitrogens is 2. The highest BCUT2D eigenvalue weighted by atomic mass is 16.2. The van der Waals surface area contributed by atoms with Crippen LogP contribution in [0.15, 0.2) is 24.3 Å². The van der Waals surface area contributed by atoms with Crippen molar-refractivity contribution in [3.63, 3.8) is 0 Å². The highest BCUT2D eigenvalue weighted by molar-refractivity contribution is 6.03. The molecule has 1 aromatic carbocycles. The third-order valence-corrected chi connectivity index (χ3v) is 2.55. The number of hydrogen-bond donors (Lipinski definition) is 1. The SMILES string of the molecule is Cc1cc(C(=O)Nc2ccc[c]c2C)n(C)n1. The Morgan fingerprint density at radius 2 is 2.24 bits per heavy atom. The zero-order valence-corrected chi connectivity index (χ0v) is 10.1. The summed E-state index contributed by atoms with van der Waals surface area (Å²) < 4.78 is 1.58. The van der Waals surface area contributed by atoms with Crippen LogP contribution in [0.5, 0.6) is 0 Å². The van der Waals surface area contributed by atoms with Gasteiger partial charge in [0.2, 0.25) is 0 Å². The van der Waals surface area contributed by atoms with E-state index in [9.17, 15) is 4.79 Å². The van der Waals surface area contributed by atoms with Gasteiger partial charge in [-0.1, -0.05) is 12.1 Å². The molecule has 0 fully saturated rings. The predicted octanol–water partition coefficient (Wildman–Crippen LogP) is 2.09. The Labute approximate surface area is 100 Å². The lowest BCUT2D eigenvalue weighted by molar-refractivity contribution is 0.101. The smallest absolute Gasteiger partial charge is 0.273 e. The fourth-order valence-corrected chi connectivity index (χ4v) is 1.67. The van der Waals surface area contributed by atoms with E-state index in [1.54, 1.807) is 17.8 Å². The van der Waals surface area contributed by atoms with E-state index < -0.39 is 0 Å². The van der Waals surface area contributed by atoms with Crippen LogP contribution in [0, 0.1) is 19.9 Å². The van der Waals surface area contributed by atoms with Gasteiger partial charge in [0, 0.05) is 12.7 Å². The molecule has 0 aliphatic carbocycles. The van der Waals surface area contributed by atoms with Crippen molar-refractivity contribution in [3.05, 3.63) is 47.3 Å². The van der Waals surface area contributed by atoms with Gasteiger partial charge in [-0.25, -0.2) is 0 Å². The van der Waals surface area contributed by atoms with E-state index in [0.717, 1.165) is 16.9 Å². The van der Waals surface area contributed by atoms with Gasteiger partial charge in [0.15, 0.2) is 0 Å². The molecular formula is C13H14N3O. The van der Waals surface area contributed by atoms with Gasteiger partial charge >= 0.3 is 0 Å². The summed E-state index contributed by atoms with van der Waals surface area (Å²) >= 11 is 0. The van der Waals surface area contributed by atoms with Gasteiger partial charge in [0.1, 0.15) is 5.69 Å². The molecule has 1 amide bonds.